The highest BCUT2D eigenvalue weighted by atomic mass is 16.6. The molecule has 2 fully saturated rings. The molecular formula is C12H19NO4. The number of rotatable bonds is 5. The summed E-state index contributed by atoms with van der Waals surface area (Å²) in [6, 6.07) is -0.608. The predicted octanol–water partition coefficient (Wildman–Crippen LogP) is 1.56. The summed E-state index contributed by atoms with van der Waals surface area (Å²) in [6.45, 7) is 2.13. The van der Waals surface area contributed by atoms with Crippen molar-refractivity contribution in [3.63, 3.8) is 0 Å². The molecule has 2 rings (SSSR count). The summed E-state index contributed by atoms with van der Waals surface area (Å²) in [5.74, 6) is 0.352. The Morgan fingerprint density at radius 3 is 2.53 bits per heavy atom. The molecule has 1 saturated carbocycles. The van der Waals surface area contributed by atoms with Crippen LogP contribution < -0.4 is 5.32 Å². The lowest BCUT2D eigenvalue weighted by molar-refractivity contribution is -0.125. The molecule has 1 amide bonds. The fourth-order valence-electron chi connectivity index (χ4n) is 2.58. The number of hydrogen-bond donors (Lipinski definition) is 2. The van der Waals surface area contributed by atoms with E-state index in [9.17, 15) is 9.59 Å². The highest BCUT2D eigenvalue weighted by molar-refractivity contribution is 5.95. The van der Waals surface area contributed by atoms with Gasteiger partial charge in [0.15, 0.2) is 5.78 Å². The van der Waals surface area contributed by atoms with Gasteiger partial charge in [-0.05, 0) is 19.3 Å². The Hall–Kier alpha value is -1.10. The van der Waals surface area contributed by atoms with Crippen molar-refractivity contribution in [1.82, 2.24) is 5.32 Å². The SMILES string of the molecule is CC1(C(=O)C(CC2CCCC2)NC(=O)O)CO1. The average Bonchev–Trinajstić information content (AvgIpc) is 2.80. The highest BCUT2D eigenvalue weighted by Gasteiger charge is 2.50. The van der Waals surface area contributed by atoms with Gasteiger partial charge in [-0.15, -0.1) is 0 Å². The van der Waals surface area contributed by atoms with E-state index in [0.29, 0.717) is 18.9 Å². The summed E-state index contributed by atoms with van der Waals surface area (Å²) < 4.78 is 5.10. The fraction of sp³-hybridized carbons (Fsp3) is 0.833. The molecule has 1 aliphatic heterocycles. The molecule has 1 heterocycles. The third kappa shape index (κ3) is 2.97. The van der Waals surface area contributed by atoms with Crippen molar-refractivity contribution >= 4 is 11.9 Å². The maximum absolute atomic E-state index is 12.1. The van der Waals surface area contributed by atoms with E-state index in [4.69, 9.17) is 9.84 Å². The van der Waals surface area contributed by atoms with Gasteiger partial charge in [-0.3, -0.25) is 4.79 Å². The average molecular weight is 241 g/mol. The van der Waals surface area contributed by atoms with Crippen LogP contribution in [0.2, 0.25) is 0 Å². The van der Waals surface area contributed by atoms with Gasteiger partial charge < -0.3 is 15.2 Å². The minimum Gasteiger partial charge on any atom is -0.465 e. The third-order valence-electron chi connectivity index (χ3n) is 3.76. The number of amides is 1. The smallest absolute Gasteiger partial charge is 0.405 e. The number of epoxide rings is 1. The number of Topliss-reactive ketones (excluding diaryl/α,β-unsaturated/α-hetero) is 1. The minimum atomic E-state index is -1.13. The number of carbonyl (C=O) groups is 2. The zero-order valence-corrected chi connectivity index (χ0v) is 10.1. The number of ether oxygens (including phenoxy) is 1. The lowest BCUT2D eigenvalue weighted by Gasteiger charge is -2.20. The largest absolute Gasteiger partial charge is 0.465 e. The molecular weight excluding hydrogens is 222 g/mol. The van der Waals surface area contributed by atoms with E-state index in [1.807, 2.05) is 0 Å². The Balaban J connectivity index is 1.96. The van der Waals surface area contributed by atoms with E-state index >= 15 is 0 Å². The number of ketones is 1. The van der Waals surface area contributed by atoms with Crippen molar-refractivity contribution in [3.05, 3.63) is 0 Å². The van der Waals surface area contributed by atoms with Gasteiger partial charge >= 0.3 is 6.09 Å². The van der Waals surface area contributed by atoms with E-state index in [0.717, 1.165) is 12.8 Å². The standard InChI is InChI=1S/C12H19NO4/c1-12(7-17-12)10(14)9(13-11(15)16)6-8-4-2-3-5-8/h8-9,13H,2-7H2,1H3,(H,15,16). The Kier molecular flexibility index (Phi) is 3.38. The van der Waals surface area contributed by atoms with Crippen LogP contribution in [0.3, 0.4) is 0 Å². The molecule has 0 radical (unpaired) electrons. The van der Waals surface area contributed by atoms with E-state index in [2.05, 4.69) is 5.32 Å². The summed E-state index contributed by atoms with van der Waals surface area (Å²) in [4.78, 5) is 22.8. The summed E-state index contributed by atoms with van der Waals surface area (Å²) in [6.07, 6.45) is 4.06. The summed E-state index contributed by atoms with van der Waals surface area (Å²) in [5.41, 5.74) is -0.744. The van der Waals surface area contributed by atoms with Crippen molar-refractivity contribution < 1.29 is 19.4 Å². The molecule has 2 unspecified atom stereocenters. The molecule has 2 aliphatic rings. The van der Waals surface area contributed by atoms with E-state index < -0.39 is 17.7 Å². The van der Waals surface area contributed by atoms with Crippen molar-refractivity contribution in [3.8, 4) is 0 Å². The predicted molar refractivity (Wildman–Crippen MR) is 60.9 cm³/mol. The van der Waals surface area contributed by atoms with Crippen LogP contribution in [0, 0.1) is 5.92 Å². The molecule has 0 spiro atoms. The van der Waals surface area contributed by atoms with Crippen molar-refractivity contribution in [1.29, 1.82) is 0 Å². The first kappa shape index (κ1) is 12.4. The van der Waals surface area contributed by atoms with Gasteiger partial charge in [0.25, 0.3) is 0 Å². The second-order valence-corrected chi connectivity index (χ2v) is 5.27. The van der Waals surface area contributed by atoms with Crippen molar-refractivity contribution in [2.45, 2.75) is 50.7 Å². The van der Waals surface area contributed by atoms with Gasteiger partial charge in [-0.2, -0.15) is 0 Å². The number of carbonyl (C=O) groups excluding carboxylic acids is 1. The molecule has 0 aromatic rings. The van der Waals surface area contributed by atoms with Gasteiger partial charge in [0, 0.05) is 0 Å². The first-order valence-electron chi connectivity index (χ1n) is 6.19. The molecule has 5 nitrogen and oxygen atoms in total. The normalized spacial score (nSPS) is 29.9. The van der Waals surface area contributed by atoms with Gasteiger partial charge in [0.05, 0.1) is 12.6 Å². The van der Waals surface area contributed by atoms with Gasteiger partial charge in [-0.25, -0.2) is 4.79 Å². The van der Waals surface area contributed by atoms with Crippen LogP contribution in [0.15, 0.2) is 0 Å². The van der Waals surface area contributed by atoms with Crippen LogP contribution in [0.25, 0.3) is 0 Å². The van der Waals surface area contributed by atoms with Crippen molar-refractivity contribution in [2.75, 3.05) is 6.61 Å². The second-order valence-electron chi connectivity index (χ2n) is 5.27. The molecule has 0 aromatic heterocycles. The first-order chi connectivity index (χ1) is 8.01. The van der Waals surface area contributed by atoms with Crippen molar-refractivity contribution in [2.24, 2.45) is 5.92 Å². The lowest BCUT2D eigenvalue weighted by atomic mass is 9.91. The topological polar surface area (TPSA) is 78.9 Å². The Morgan fingerprint density at radius 1 is 1.47 bits per heavy atom. The molecule has 2 N–H and O–H groups in total. The second kappa shape index (κ2) is 4.64. The molecule has 1 aliphatic carbocycles. The van der Waals surface area contributed by atoms with Gasteiger partial charge in [0.1, 0.15) is 5.60 Å². The van der Waals surface area contributed by atoms with Gasteiger partial charge in [0.2, 0.25) is 0 Å². The lowest BCUT2D eigenvalue weighted by Crippen LogP contribution is -2.46. The molecule has 17 heavy (non-hydrogen) atoms. The van der Waals surface area contributed by atoms with Crippen LogP contribution in [-0.2, 0) is 9.53 Å². The monoisotopic (exact) mass is 241 g/mol. The maximum atomic E-state index is 12.1. The van der Waals surface area contributed by atoms with Crippen LogP contribution in [0.4, 0.5) is 4.79 Å². The zero-order chi connectivity index (χ0) is 12.5. The summed E-state index contributed by atoms with van der Waals surface area (Å²) in [7, 11) is 0. The number of nitrogens with one attached hydrogen (secondary N) is 1. The molecule has 0 bridgehead atoms. The minimum absolute atomic E-state index is 0.119. The number of hydrogen-bond acceptors (Lipinski definition) is 3. The van der Waals surface area contributed by atoms with Gasteiger partial charge in [-0.1, -0.05) is 25.7 Å². The summed E-state index contributed by atoms with van der Waals surface area (Å²) in [5, 5.41) is 11.1. The fourth-order valence-corrected chi connectivity index (χ4v) is 2.58. The van der Waals surface area contributed by atoms with Crippen LogP contribution in [0.5, 0.6) is 0 Å². The molecule has 96 valence electrons. The number of carboxylic acid groups (broad SMARTS) is 1. The highest BCUT2D eigenvalue weighted by Crippen LogP contribution is 2.33. The Bertz CT molecular complexity index is 318. The van der Waals surface area contributed by atoms with Crippen LogP contribution >= 0.6 is 0 Å². The van der Waals surface area contributed by atoms with E-state index in [1.54, 1.807) is 6.92 Å². The molecule has 5 heteroatoms. The molecule has 1 saturated heterocycles. The van der Waals surface area contributed by atoms with Crippen LogP contribution in [-0.4, -0.2) is 35.2 Å². The van der Waals surface area contributed by atoms with E-state index in [-0.39, 0.29) is 5.78 Å². The molecule has 0 aromatic carbocycles. The van der Waals surface area contributed by atoms with E-state index in [1.165, 1.54) is 12.8 Å². The molecule has 2 atom stereocenters. The maximum Gasteiger partial charge on any atom is 0.405 e. The third-order valence-corrected chi connectivity index (χ3v) is 3.76. The summed E-state index contributed by atoms with van der Waals surface area (Å²) >= 11 is 0. The Morgan fingerprint density at radius 2 is 2.06 bits per heavy atom. The van der Waals surface area contributed by atoms with Crippen LogP contribution in [0.1, 0.15) is 39.0 Å². The first-order valence-corrected chi connectivity index (χ1v) is 6.19. The zero-order valence-electron chi connectivity index (χ0n) is 10.1. The Labute approximate surface area is 101 Å². The quantitative estimate of drug-likeness (QED) is 0.716.